The standard InChI is InChI=1S/C13H25NO3/c1-6-13(5,17)8-11(16)14-10(9-15)7-12(2,3)4/h6,10,15,17H,1,7-9H2,2-5H3,(H,14,16)/t10-,13-/m1/s1. The van der Waals surface area contributed by atoms with Gasteiger partial charge in [0.2, 0.25) is 5.91 Å². The molecule has 0 aliphatic rings. The molecule has 100 valence electrons. The van der Waals surface area contributed by atoms with Crippen molar-refractivity contribution in [3.8, 4) is 0 Å². The van der Waals surface area contributed by atoms with Crippen LogP contribution in [0.3, 0.4) is 0 Å². The number of carbonyl (C=O) groups excluding carboxylic acids is 1. The first-order valence-corrected chi connectivity index (χ1v) is 5.86. The van der Waals surface area contributed by atoms with Crippen LogP contribution in [0.25, 0.3) is 0 Å². The maximum absolute atomic E-state index is 11.6. The largest absolute Gasteiger partial charge is 0.394 e. The Hall–Kier alpha value is -0.870. The number of rotatable bonds is 6. The van der Waals surface area contributed by atoms with Crippen molar-refractivity contribution in [3.05, 3.63) is 12.7 Å². The molecule has 0 aliphatic carbocycles. The number of aliphatic hydroxyl groups excluding tert-OH is 1. The first-order chi connectivity index (χ1) is 7.59. The zero-order valence-electron chi connectivity index (χ0n) is 11.3. The van der Waals surface area contributed by atoms with E-state index in [-0.39, 0.29) is 30.4 Å². The molecule has 0 saturated heterocycles. The first-order valence-electron chi connectivity index (χ1n) is 5.86. The molecule has 0 aromatic rings. The molecule has 0 aromatic heterocycles. The minimum absolute atomic E-state index is 0.0294. The minimum Gasteiger partial charge on any atom is -0.394 e. The highest BCUT2D eigenvalue weighted by Gasteiger charge is 2.24. The highest BCUT2D eigenvalue weighted by molar-refractivity contribution is 5.77. The molecular weight excluding hydrogens is 218 g/mol. The Kier molecular flexibility index (Phi) is 5.85. The predicted octanol–water partition coefficient (Wildman–Crippen LogP) is 1.23. The molecule has 0 unspecified atom stereocenters. The fraction of sp³-hybridized carbons (Fsp3) is 0.769. The summed E-state index contributed by atoms with van der Waals surface area (Å²) in [7, 11) is 0. The van der Waals surface area contributed by atoms with E-state index in [2.05, 4.69) is 11.9 Å². The highest BCUT2D eigenvalue weighted by atomic mass is 16.3. The van der Waals surface area contributed by atoms with Crippen LogP contribution in [0.5, 0.6) is 0 Å². The van der Waals surface area contributed by atoms with Gasteiger partial charge in [0.05, 0.1) is 24.7 Å². The monoisotopic (exact) mass is 243 g/mol. The topological polar surface area (TPSA) is 69.6 Å². The summed E-state index contributed by atoms with van der Waals surface area (Å²) in [6, 6.07) is -0.275. The summed E-state index contributed by atoms with van der Waals surface area (Å²) in [4.78, 5) is 11.6. The molecule has 17 heavy (non-hydrogen) atoms. The van der Waals surface area contributed by atoms with Crippen molar-refractivity contribution in [2.24, 2.45) is 5.41 Å². The van der Waals surface area contributed by atoms with Crippen LogP contribution < -0.4 is 5.32 Å². The van der Waals surface area contributed by atoms with Gasteiger partial charge in [-0.2, -0.15) is 0 Å². The average Bonchev–Trinajstić information content (AvgIpc) is 2.13. The normalized spacial score (nSPS) is 17.1. The molecule has 3 N–H and O–H groups in total. The molecule has 0 bridgehead atoms. The zero-order valence-corrected chi connectivity index (χ0v) is 11.3. The van der Waals surface area contributed by atoms with E-state index in [0.717, 1.165) is 0 Å². The molecule has 0 aromatic carbocycles. The Morgan fingerprint density at radius 1 is 1.41 bits per heavy atom. The van der Waals surface area contributed by atoms with Gasteiger partial charge in [0, 0.05) is 0 Å². The summed E-state index contributed by atoms with van der Waals surface area (Å²) >= 11 is 0. The lowest BCUT2D eigenvalue weighted by atomic mass is 9.88. The van der Waals surface area contributed by atoms with Crippen molar-refractivity contribution in [1.82, 2.24) is 5.32 Å². The van der Waals surface area contributed by atoms with E-state index in [4.69, 9.17) is 0 Å². The van der Waals surface area contributed by atoms with E-state index in [1.54, 1.807) is 0 Å². The quantitative estimate of drug-likeness (QED) is 0.614. The van der Waals surface area contributed by atoms with Crippen LogP contribution in [0.2, 0.25) is 0 Å². The number of amides is 1. The molecule has 2 atom stereocenters. The first kappa shape index (κ1) is 16.1. The molecule has 0 saturated carbocycles. The van der Waals surface area contributed by atoms with Crippen LogP contribution in [0.1, 0.15) is 40.5 Å². The number of carbonyl (C=O) groups is 1. The maximum atomic E-state index is 11.6. The Bertz CT molecular complexity index is 266. The average molecular weight is 243 g/mol. The lowest BCUT2D eigenvalue weighted by Crippen LogP contribution is -2.42. The van der Waals surface area contributed by atoms with E-state index in [1.807, 2.05) is 20.8 Å². The summed E-state index contributed by atoms with van der Waals surface area (Å²) in [5.41, 5.74) is -1.17. The van der Waals surface area contributed by atoms with Gasteiger partial charge in [0.25, 0.3) is 0 Å². The SMILES string of the molecule is C=C[C@@](C)(O)CC(=O)N[C@@H](CO)CC(C)(C)C. The fourth-order valence-corrected chi connectivity index (χ4v) is 1.58. The number of hydrogen-bond acceptors (Lipinski definition) is 3. The van der Waals surface area contributed by atoms with Crippen molar-refractivity contribution < 1.29 is 15.0 Å². The molecule has 0 aliphatic heterocycles. The third kappa shape index (κ3) is 7.94. The fourth-order valence-electron chi connectivity index (χ4n) is 1.58. The Morgan fingerprint density at radius 3 is 2.29 bits per heavy atom. The molecule has 0 heterocycles. The third-order valence-electron chi connectivity index (χ3n) is 2.40. The molecule has 1 amide bonds. The Morgan fingerprint density at radius 2 is 1.94 bits per heavy atom. The van der Waals surface area contributed by atoms with Gasteiger partial charge >= 0.3 is 0 Å². The van der Waals surface area contributed by atoms with Crippen molar-refractivity contribution in [3.63, 3.8) is 0 Å². The molecular formula is C13H25NO3. The highest BCUT2D eigenvalue weighted by Crippen LogP contribution is 2.21. The second-order valence-corrected chi connectivity index (χ2v) is 5.95. The van der Waals surface area contributed by atoms with Crippen LogP contribution in [0.4, 0.5) is 0 Å². The van der Waals surface area contributed by atoms with Crippen LogP contribution >= 0.6 is 0 Å². The van der Waals surface area contributed by atoms with Crippen LogP contribution in [0.15, 0.2) is 12.7 Å². The van der Waals surface area contributed by atoms with Gasteiger partial charge in [0.15, 0.2) is 0 Å². The minimum atomic E-state index is -1.20. The van der Waals surface area contributed by atoms with Gasteiger partial charge in [-0.15, -0.1) is 6.58 Å². The molecule has 0 radical (unpaired) electrons. The zero-order chi connectivity index (χ0) is 13.7. The lowest BCUT2D eigenvalue weighted by Gasteiger charge is -2.26. The van der Waals surface area contributed by atoms with Gasteiger partial charge in [-0.3, -0.25) is 4.79 Å². The van der Waals surface area contributed by atoms with Gasteiger partial charge in [0.1, 0.15) is 0 Å². The second-order valence-electron chi connectivity index (χ2n) is 5.95. The van der Waals surface area contributed by atoms with E-state index in [9.17, 15) is 15.0 Å². The molecule has 4 nitrogen and oxygen atoms in total. The second kappa shape index (κ2) is 6.17. The summed E-state index contributed by atoms with van der Waals surface area (Å²) in [5.74, 6) is -0.279. The summed E-state index contributed by atoms with van der Waals surface area (Å²) in [6.07, 6.45) is 1.98. The van der Waals surface area contributed by atoms with Crippen molar-refractivity contribution in [2.75, 3.05) is 6.61 Å². The van der Waals surface area contributed by atoms with Crippen LogP contribution in [-0.2, 0) is 4.79 Å². The smallest absolute Gasteiger partial charge is 0.223 e. The number of aliphatic hydroxyl groups is 2. The Labute approximate surface area is 104 Å². The molecule has 4 heteroatoms. The van der Waals surface area contributed by atoms with E-state index < -0.39 is 5.60 Å². The van der Waals surface area contributed by atoms with Gasteiger partial charge in [-0.05, 0) is 18.8 Å². The van der Waals surface area contributed by atoms with Crippen molar-refractivity contribution in [2.45, 2.75) is 52.2 Å². The van der Waals surface area contributed by atoms with Crippen LogP contribution in [-0.4, -0.2) is 34.4 Å². The summed E-state index contributed by atoms with van der Waals surface area (Å²) in [6.45, 7) is 11.0. The molecule has 0 rings (SSSR count). The van der Waals surface area contributed by atoms with Gasteiger partial charge < -0.3 is 15.5 Å². The molecule has 0 fully saturated rings. The van der Waals surface area contributed by atoms with E-state index >= 15 is 0 Å². The maximum Gasteiger partial charge on any atom is 0.223 e. The predicted molar refractivity (Wildman–Crippen MR) is 68.5 cm³/mol. The lowest BCUT2D eigenvalue weighted by molar-refractivity contribution is -0.125. The van der Waals surface area contributed by atoms with Gasteiger partial charge in [-0.25, -0.2) is 0 Å². The number of nitrogens with one attached hydrogen (secondary N) is 1. The summed E-state index contributed by atoms with van der Waals surface area (Å²) < 4.78 is 0. The molecule has 0 spiro atoms. The summed E-state index contributed by atoms with van der Waals surface area (Å²) in [5, 5.41) is 21.6. The van der Waals surface area contributed by atoms with Crippen LogP contribution in [0, 0.1) is 5.41 Å². The van der Waals surface area contributed by atoms with Crippen molar-refractivity contribution >= 4 is 5.91 Å². The number of hydrogen-bond donors (Lipinski definition) is 3. The van der Waals surface area contributed by atoms with Crippen molar-refractivity contribution in [1.29, 1.82) is 0 Å². The van der Waals surface area contributed by atoms with E-state index in [1.165, 1.54) is 13.0 Å². The van der Waals surface area contributed by atoms with E-state index in [0.29, 0.717) is 6.42 Å². The Balaban J connectivity index is 4.30. The third-order valence-corrected chi connectivity index (χ3v) is 2.40. The van der Waals surface area contributed by atoms with Gasteiger partial charge in [-0.1, -0.05) is 26.8 Å².